The summed E-state index contributed by atoms with van der Waals surface area (Å²) < 4.78 is 27.7. The Morgan fingerprint density at radius 3 is 2.46 bits per heavy atom. The summed E-state index contributed by atoms with van der Waals surface area (Å²) in [6, 6.07) is 9.98. The van der Waals surface area contributed by atoms with Crippen LogP contribution in [0.2, 0.25) is 5.02 Å². The summed E-state index contributed by atoms with van der Waals surface area (Å²) >= 11 is 7.58. The number of fused-ring (bicyclic) bond motifs is 1. The third-order valence-electron chi connectivity index (χ3n) is 4.15. The summed E-state index contributed by atoms with van der Waals surface area (Å²) in [6.45, 7) is 3.12. The fraction of sp³-hybridized carbons (Fsp3) is 0.235. The van der Waals surface area contributed by atoms with Gasteiger partial charge in [-0.1, -0.05) is 35.1 Å². The average molecular weight is 366 g/mol. The van der Waals surface area contributed by atoms with Crippen LogP contribution in [-0.4, -0.2) is 31.2 Å². The van der Waals surface area contributed by atoms with Crippen LogP contribution in [0.25, 0.3) is 10.2 Å². The zero-order valence-corrected chi connectivity index (χ0v) is 14.2. The molecule has 124 valence electrons. The second kappa shape index (κ2) is 6.18. The molecule has 1 fully saturated rings. The van der Waals surface area contributed by atoms with Crippen LogP contribution in [0.1, 0.15) is 0 Å². The van der Waals surface area contributed by atoms with E-state index in [4.69, 9.17) is 11.6 Å². The second-order valence-corrected chi connectivity index (χ2v) is 7.07. The van der Waals surface area contributed by atoms with Crippen molar-refractivity contribution in [3.8, 4) is 0 Å². The summed E-state index contributed by atoms with van der Waals surface area (Å²) in [6.07, 6.45) is 0. The summed E-state index contributed by atoms with van der Waals surface area (Å²) in [5, 5.41) is 1.47. The van der Waals surface area contributed by atoms with Gasteiger partial charge in [-0.3, -0.25) is 0 Å². The smallest absolute Gasteiger partial charge is 0.186 e. The highest BCUT2D eigenvalue weighted by Crippen LogP contribution is 2.32. The van der Waals surface area contributed by atoms with Gasteiger partial charge in [-0.25, -0.2) is 13.8 Å². The highest BCUT2D eigenvalue weighted by atomic mass is 35.5. The molecule has 0 atom stereocenters. The van der Waals surface area contributed by atoms with E-state index in [9.17, 15) is 8.78 Å². The Labute approximate surface area is 147 Å². The molecule has 1 aliphatic heterocycles. The van der Waals surface area contributed by atoms with Crippen molar-refractivity contribution in [3.63, 3.8) is 0 Å². The summed E-state index contributed by atoms with van der Waals surface area (Å²) in [4.78, 5) is 8.69. The van der Waals surface area contributed by atoms with E-state index in [2.05, 4.69) is 14.8 Å². The molecule has 0 radical (unpaired) electrons. The average Bonchev–Trinajstić information content (AvgIpc) is 3.00. The molecular formula is C17H14ClF2N3S. The topological polar surface area (TPSA) is 19.4 Å². The lowest BCUT2D eigenvalue weighted by Crippen LogP contribution is -2.46. The fourth-order valence-electron chi connectivity index (χ4n) is 2.93. The number of hydrogen-bond donors (Lipinski definition) is 0. The van der Waals surface area contributed by atoms with Gasteiger partial charge in [0.2, 0.25) is 0 Å². The van der Waals surface area contributed by atoms with Crippen molar-refractivity contribution >= 4 is 44.0 Å². The minimum absolute atomic E-state index is 0.241. The van der Waals surface area contributed by atoms with Gasteiger partial charge in [-0.15, -0.1) is 0 Å². The predicted octanol–water partition coefficient (Wildman–Crippen LogP) is 4.55. The van der Waals surface area contributed by atoms with Gasteiger partial charge in [-0.2, -0.15) is 0 Å². The lowest BCUT2D eigenvalue weighted by Gasteiger charge is -2.36. The Morgan fingerprint density at radius 2 is 1.71 bits per heavy atom. The van der Waals surface area contributed by atoms with Crippen molar-refractivity contribution in [2.24, 2.45) is 0 Å². The predicted molar refractivity (Wildman–Crippen MR) is 95.4 cm³/mol. The zero-order chi connectivity index (χ0) is 16.7. The first-order chi connectivity index (χ1) is 11.6. The number of halogens is 3. The van der Waals surface area contributed by atoms with Crippen molar-refractivity contribution in [2.45, 2.75) is 0 Å². The van der Waals surface area contributed by atoms with E-state index in [1.165, 1.54) is 17.4 Å². The van der Waals surface area contributed by atoms with Gasteiger partial charge in [0.05, 0.1) is 15.4 Å². The van der Waals surface area contributed by atoms with Crippen molar-refractivity contribution in [1.82, 2.24) is 4.98 Å². The van der Waals surface area contributed by atoms with Gasteiger partial charge in [0, 0.05) is 32.2 Å². The fourth-order valence-corrected chi connectivity index (χ4v) is 4.24. The lowest BCUT2D eigenvalue weighted by molar-refractivity contribution is 0.591. The summed E-state index contributed by atoms with van der Waals surface area (Å²) in [5.74, 6) is -1.18. The Balaban J connectivity index is 1.54. The number of anilines is 2. The van der Waals surface area contributed by atoms with Crippen LogP contribution in [0.15, 0.2) is 36.4 Å². The van der Waals surface area contributed by atoms with Gasteiger partial charge in [-0.05, 0) is 18.2 Å². The van der Waals surface area contributed by atoms with Crippen molar-refractivity contribution < 1.29 is 8.78 Å². The highest BCUT2D eigenvalue weighted by molar-refractivity contribution is 7.22. The first-order valence-corrected chi connectivity index (χ1v) is 8.81. The van der Waals surface area contributed by atoms with E-state index in [0.29, 0.717) is 4.70 Å². The summed E-state index contributed by atoms with van der Waals surface area (Å²) in [7, 11) is 0. The zero-order valence-electron chi connectivity index (χ0n) is 12.7. The third kappa shape index (κ3) is 2.80. The second-order valence-electron chi connectivity index (χ2n) is 5.66. The van der Waals surface area contributed by atoms with Crippen LogP contribution in [0.5, 0.6) is 0 Å². The number of piperazine rings is 1. The Hall–Kier alpha value is -1.92. The molecule has 0 spiro atoms. The van der Waals surface area contributed by atoms with E-state index in [-0.39, 0.29) is 5.52 Å². The van der Waals surface area contributed by atoms with E-state index in [1.807, 2.05) is 24.3 Å². The maximum absolute atomic E-state index is 13.8. The number of para-hydroxylation sites is 1. The molecule has 0 saturated carbocycles. The largest absolute Gasteiger partial charge is 0.367 e. The van der Waals surface area contributed by atoms with Crippen LogP contribution < -0.4 is 9.80 Å². The van der Waals surface area contributed by atoms with Crippen LogP contribution in [0, 0.1) is 11.6 Å². The van der Waals surface area contributed by atoms with Crippen molar-refractivity contribution in [3.05, 3.63) is 53.1 Å². The van der Waals surface area contributed by atoms with Crippen LogP contribution in [-0.2, 0) is 0 Å². The van der Waals surface area contributed by atoms with Crippen molar-refractivity contribution in [1.29, 1.82) is 0 Å². The Morgan fingerprint density at radius 1 is 1.00 bits per heavy atom. The molecule has 2 heterocycles. The van der Waals surface area contributed by atoms with E-state index >= 15 is 0 Å². The standard InChI is InChI=1S/C17H14ClF2N3S/c18-12-3-1-2-4-14(12)22-5-7-23(8-6-22)17-21-16-13(20)9-11(19)10-15(16)24-17/h1-4,9-10H,5-8H2. The van der Waals surface area contributed by atoms with Crippen LogP contribution >= 0.6 is 22.9 Å². The van der Waals surface area contributed by atoms with Crippen LogP contribution in [0.4, 0.5) is 19.6 Å². The van der Waals surface area contributed by atoms with Crippen molar-refractivity contribution in [2.75, 3.05) is 36.0 Å². The molecule has 24 heavy (non-hydrogen) atoms. The molecule has 0 bridgehead atoms. The molecule has 0 aliphatic carbocycles. The molecule has 0 N–H and O–H groups in total. The minimum atomic E-state index is -0.609. The molecular weight excluding hydrogens is 352 g/mol. The SMILES string of the molecule is Fc1cc(F)c2nc(N3CCN(c4ccccc4Cl)CC3)sc2c1. The minimum Gasteiger partial charge on any atom is -0.367 e. The van der Waals surface area contributed by atoms with Crippen LogP contribution in [0.3, 0.4) is 0 Å². The Kier molecular flexibility index (Phi) is 4.02. The first kappa shape index (κ1) is 15.6. The maximum atomic E-state index is 13.8. The lowest BCUT2D eigenvalue weighted by atomic mass is 10.2. The quantitative estimate of drug-likeness (QED) is 0.664. The van der Waals surface area contributed by atoms with E-state index < -0.39 is 11.6 Å². The first-order valence-electron chi connectivity index (χ1n) is 7.62. The molecule has 3 aromatic rings. The number of benzene rings is 2. The third-order valence-corrected chi connectivity index (χ3v) is 5.53. The number of aromatic nitrogens is 1. The van der Waals surface area contributed by atoms with Gasteiger partial charge < -0.3 is 9.80 Å². The molecule has 1 aromatic heterocycles. The number of hydrogen-bond acceptors (Lipinski definition) is 4. The van der Waals surface area contributed by atoms with Gasteiger partial charge in [0.25, 0.3) is 0 Å². The molecule has 3 nitrogen and oxygen atoms in total. The van der Waals surface area contributed by atoms with E-state index in [0.717, 1.165) is 48.1 Å². The number of thiazole rings is 1. The Bertz CT molecular complexity index is 891. The molecule has 7 heteroatoms. The molecule has 0 amide bonds. The van der Waals surface area contributed by atoms with Gasteiger partial charge in [0.1, 0.15) is 11.3 Å². The van der Waals surface area contributed by atoms with E-state index in [1.54, 1.807) is 0 Å². The molecule has 4 rings (SSSR count). The molecule has 1 aliphatic rings. The monoisotopic (exact) mass is 365 g/mol. The maximum Gasteiger partial charge on any atom is 0.186 e. The summed E-state index contributed by atoms with van der Waals surface area (Å²) in [5.41, 5.74) is 1.26. The van der Waals surface area contributed by atoms with Gasteiger partial charge in [0.15, 0.2) is 10.9 Å². The number of rotatable bonds is 2. The molecule has 1 saturated heterocycles. The molecule has 2 aromatic carbocycles. The highest BCUT2D eigenvalue weighted by Gasteiger charge is 2.22. The van der Waals surface area contributed by atoms with Gasteiger partial charge >= 0.3 is 0 Å². The normalized spacial score (nSPS) is 15.3. The number of nitrogens with zero attached hydrogens (tertiary/aromatic N) is 3. The molecule has 0 unspecified atom stereocenters.